The lowest BCUT2D eigenvalue weighted by molar-refractivity contribution is 0.561. The Labute approximate surface area is 110 Å². The summed E-state index contributed by atoms with van der Waals surface area (Å²) in [7, 11) is 0. The predicted octanol–water partition coefficient (Wildman–Crippen LogP) is 2.65. The smallest absolute Gasteiger partial charge is 0.265 e. The van der Waals surface area contributed by atoms with Gasteiger partial charge in [-0.3, -0.25) is 9.36 Å². The fourth-order valence-electron chi connectivity index (χ4n) is 2.16. The van der Waals surface area contributed by atoms with Crippen LogP contribution < -0.4 is 5.56 Å². The average Bonchev–Trinajstić information content (AvgIpc) is 2.71. The van der Waals surface area contributed by atoms with Gasteiger partial charge in [0.1, 0.15) is 17.5 Å². The molecule has 19 heavy (non-hydrogen) atoms. The molecule has 0 unspecified atom stereocenters. The highest BCUT2D eigenvalue weighted by molar-refractivity contribution is 5.77. The Morgan fingerprint density at radius 3 is 2.68 bits per heavy atom. The number of furan rings is 1. The maximum Gasteiger partial charge on any atom is 0.265 e. The second-order valence-electron chi connectivity index (χ2n) is 4.63. The van der Waals surface area contributed by atoms with E-state index in [2.05, 4.69) is 4.98 Å². The fourth-order valence-corrected chi connectivity index (χ4v) is 2.16. The van der Waals surface area contributed by atoms with E-state index in [-0.39, 0.29) is 5.56 Å². The van der Waals surface area contributed by atoms with Gasteiger partial charge in [0, 0.05) is 5.56 Å². The molecule has 1 aromatic carbocycles. The van der Waals surface area contributed by atoms with Crippen LogP contribution in [0.4, 0.5) is 0 Å². The summed E-state index contributed by atoms with van der Waals surface area (Å²) < 4.78 is 7.07. The van der Waals surface area contributed by atoms with Gasteiger partial charge >= 0.3 is 0 Å². The molecule has 0 atom stereocenters. The van der Waals surface area contributed by atoms with Gasteiger partial charge in [0.15, 0.2) is 0 Å². The molecule has 0 fully saturated rings. The summed E-state index contributed by atoms with van der Waals surface area (Å²) >= 11 is 0. The SMILES string of the molecule is Cc1oc2ncn(Cc3ccccc3)c(=O)c2c1C. The number of nitrogens with zero attached hydrogens (tertiary/aromatic N) is 2. The molecule has 0 aliphatic heterocycles. The third-order valence-corrected chi connectivity index (χ3v) is 3.35. The zero-order valence-electron chi connectivity index (χ0n) is 10.9. The Balaban J connectivity index is 2.13. The van der Waals surface area contributed by atoms with Crippen molar-refractivity contribution in [2.24, 2.45) is 0 Å². The van der Waals surface area contributed by atoms with Crippen LogP contribution in [0.15, 0.2) is 45.9 Å². The van der Waals surface area contributed by atoms with Gasteiger partial charge in [0.25, 0.3) is 5.56 Å². The van der Waals surface area contributed by atoms with Crippen LogP contribution in [0.25, 0.3) is 11.1 Å². The molecule has 0 saturated heterocycles. The molecule has 0 saturated carbocycles. The van der Waals surface area contributed by atoms with Crippen molar-refractivity contribution < 1.29 is 4.42 Å². The van der Waals surface area contributed by atoms with E-state index in [1.54, 1.807) is 10.9 Å². The van der Waals surface area contributed by atoms with Gasteiger partial charge in [-0.1, -0.05) is 30.3 Å². The Morgan fingerprint density at radius 2 is 1.95 bits per heavy atom. The van der Waals surface area contributed by atoms with Crippen LogP contribution in [-0.2, 0) is 6.54 Å². The van der Waals surface area contributed by atoms with Crippen LogP contribution in [0.1, 0.15) is 16.9 Å². The standard InChI is InChI=1S/C15H14N2O2/c1-10-11(2)19-14-13(10)15(18)17(9-16-14)8-12-6-4-3-5-7-12/h3-7,9H,8H2,1-2H3. The Morgan fingerprint density at radius 1 is 1.21 bits per heavy atom. The Kier molecular flexibility index (Phi) is 2.71. The molecule has 0 aliphatic rings. The van der Waals surface area contributed by atoms with Crippen LogP contribution in [0.5, 0.6) is 0 Å². The van der Waals surface area contributed by atoms with Crippen LogP contribution in [0.3, 0.4) is 0 Å². The number of benzene rings is 1. The van der Waals surface area contributed by atoms with Crippen molar-refractivity contribution in [1.29, 1.82) is 0 Å². The van der Waals surface area contributed by atoms with Crippen molar-refractivity contribution in [2.75, 3.05) is 0 Å². The molecule has 96 valence electrons. The first kappa shape index (κ1) is 11.7. The van der Waals surface area contributed by atoms with Crippen LogP contribution in [-0.4, -0.2) is 9.55 Å². The summed E-state index contributed by atoms with van der Waals surface area (Å²) in [4.78, 5) is 16.6. The molecule has 4 nitrogen and oxygen atoms in total. The number of aromatic nitrogens is 2. The van der Waals surface area contributed by atoms with Gasteiger partial charge in [-0.05, 0) is 19.4 Å². The van der Waals surface area contributed by atoms with E-state index in [4.69, 9.17) is 4.42 Å². The van der Waals surface area contributed by atoms with Crippen molar-refractivity contribution in [2.45, 2.75) is 20.4 Å². The highest BCUT2D eigenvalue weighted by atomic mass is 16.3. The summed E-state index contributed by atoms with van der Waals surface area (Å²) in [6.07, 6.45) is 1.54. The number of fused-ring (bicyclic) bond motifs is 1. The summed E-state index contributed by atoms with van der Waals surface area (Å²) in [5.74, 6) is 0.747. The highest BCUT2D eigenvalue weighted by Crippen LogP contribution is 2.19. The average molecular weight is 254 g/mol. The molecular formula is C15H14N2O2. The van der Waals surface area contributed by atoms with E-state index < -0.39 is 0 Å². The zero-order valence-corrected chi connectivity index (χ0v) is 10.9. The van der Waals surface area contributed by atoms with Gasteiger partial charge in [0.2, 0.25) is 5.71 Å². The Bertz CT molecular complexity index is 785. The first-order valence-corrected chi connectivity index (χ1v) is 6.16. The van der Waals surface area contributed by atoms with Crippen LogP contribution >= 0.6 is 0 Å². The van der Waals surface area contributed by atoms with Crippen LogP contribution in [0.2, 0.25) is 0 Å². The van der Waals surface area contributed by atoms with Crippen LogP contribution in [0, 0.1) is 13.8 Å². The second kappa shape index (κ2) is 4.39. The molecule has 4 heteroatoms. The minimum absolute atomic E-state index is 0.0526. The minimum atomic E-state index is -0.0526. The number of hydrogen-bond donors (Lipinski definition) is 0. The predicted molar refractivity (Wildman–Crippen MR) is 73.3 cm³/mol. The van der Waals surface area contributed by atoms with Gasteiger partial charge in [-0.15, -0.1) is 0 Å². The topological polar surface area (TPSA) is 48.0 Å². The molecule has 0 N–H and O–H groups in total. The van der Waals surface area contributed by atoms with Crippen molar-refractivity contribution >= 4 is 11.1 Å². The molecule has 3 aromatic rings. The molecule has 0 radical (unpaired) electrons. The van der Waals surface area contributed by atoms with Crippen molar-refractivity contribution in [3.8, 4) is 0 Å². The minimum Gasteiger partial charge on any atom is -0.443 e. The third kappa shape index (κ3) is 1.95. The molecular weight excluding hydrogens is 240 g/mol. The maximum atomic E-state index is 12.4. The molecule has 3 rings (SSSR count). The summed E-state index contributed by atoms with van der Waals surface area (Å²) in [5, 5.41) is 0.580. The van der Waals surface area contributed by atoms with Gasteiger partial charge in [-0.2, -0.15) is 0 Å². The molecule has 0 spiro atoms. The van der Waals surface area contributed by atoms with Gasteiger partial charge in [0.05, 0.1) is 6.54 Å². The van der Waals surface area contributed by atoms with E-state index >= 15 is 0 Å². The van der Waals surface area contributed by atoms with Crippen molar-refractivity contribution in [3.05, 3.63) is 63.9 Å². The van der Waals surface area contributed by atoms with E-state index in [0.29, 0.717) is 17.6 Å². The number of rotatable bonds is 2. The molecule has 2 heterocycles. The monoisotopic (exact) mass is 254 g/mol. The molecule has 0 aliphatic carbocycles. The third-order valence-electron chi connectivity index (χ3n) is 3.35. The van der Waals surface area contributed by atoms with Crippen molar-refractivity contribution in [1.82, 2.24) is 9.55 Å². The lowest BCUT2D eigenvalue weighted by Crippen LogP contribution is -2.21. The zero-order chi connectivity index (χ0) is 13.4. The normalized spacial score (nSPS) is 11.1. The summed E-state index contributed by atoms with van der Waals surface area (Å²) in [6.45, 7) is 4.25. The van der Waals surface area contributed by atoms with E-state index in [1.807, 2.05) is 44.2 Å². The number of aryl methyl sites for hydroxylation is 2. The Hall–Kier alpha value is -2.36. The fraction of sp³-hybridized carbons (Fsp3) is 0.200. The number of hydrogen-bond acceptors (Lipinski definition) is 3. The molecule has 0 amide bonds. The second-order valence-corrected chi connectivity index (χ2v) is 4.63. The first-order chi connectivity index (χ1) is 9.16. The van der Waals surface area contributed by atoms with E-state index in [0.717, 1.165) is 16.9 Å². The van der Waals surface area contributed by atoms with Gasteiger partial charge in [-0.25, -0.2) is 4.98 Å². The quantitative estimate of drug-likeness (QED) is 0.706. The van der Waals surface area contributed by atoms with E-state index in [1.165, 1.54) is 0 Å². The maximum absolute atomic E-state index is 12.4. The van der Waals surface area contributed by atoms with E-state index in [9.17, 15) is 4.79 Å². The lowest BCUT2D eigenvalue weighted by Gasteiger charge is -2.04. The van der Waals surface area contributed by atoms with Gasteiger partial charge < -0.3 is 4.42 Å². The lowest BCUT2D eigenvalue weighted by atomic mass is 10.2. The van der Waals surface area contributed by atoms with Crippen molar-refractivity contribution in [3.63, 3.8) is 0 Å². The first-order valence-electron chi connectivity index (χ1n) is 6.16. The molecule has 0 bridgehead atoms. The highest BCUT2D eigenvalue weighted by Gasteiger charge is 2.13. The summed E-state index contributed by atoms with van der Waals surface area (Å²) in [6, 6.07) is 9.85. The molecule has 2 aromatic heterocycles. The largest absolute Gasteiger partial charge is 0.443 e. The summed E-state index contributed by atoms with van der Waals surface area (Å²) in [5.41, 5.74) is 2.31.